The number of carbonyl (C=O) groups excluding carboxylic acids is 1. The standard InChI is InChI=1S/C16H32N2O3/c1-11(2)14(18-15(20)21-16(3,4)5)10-17-12-6-8-13(19)9-7-12/h11-14,17,19H,6-10H2,1-5H3,(H,18,20). The van der Waals surface area contributed by atoms with E-state index in [1.165, 1.54) is 0 Å². The molecule has 5 nitrogen and oxygen atoms in total. The molecule has 1 aliphatic rings. The normalized spacial score (nSPS) is 24.7. The molecule has 0 aliphatic heterocycles. The highest BCUT2D eigenvalue weighted by atomic mass is 16.6. The number of alkyl carbamates (subject to hydrolysis) is 1. The molecule has 0 aromatic carbocycles. The van der Waals surface area contributed by atoms with Crippen LogP contribution in [-0.2, 0) is 4.74 Å². The van der Waals surface area contributed by atoms with Crippen LogP contribution in [0.2, 0.25) is 0 Å². The molecule has 1 saturated carbocycles. The number of amides is 1. The van der Waals surface area contributed by atoms with Gasteiger partial charge in [-0.3, -0.25) is 0 Å². The lowest BCUT2D eigenvalue weighted by atomic mass is 9.92. The van der Waals surface area contributed by atoms with Gasteiger partial charge in [0.2, 0.25) is 0 Å². The summed E-state index contributed by atoms with van der Waals surface area (Å²) in [4.78, 5) is 11.9. The van der Waals surface area contributed by atoms with Gasteiger partial charge in [0.15, 0.2) is 0 Å². The summed E-state index contributed by atoms with van der Waals surface area (Å²) in [5.41, 5.74) is -0.474. The van der Waals surface area contributed by atoms with Gasteiger partial charge in [0, 0.05) is 18.6 Å². The number of aliphatic hydroxyl groups excluding tert-OH is 1. The lowest BCUT2D eigenvalue weighted by Gasteiger charge is -2.30. The first-order valence-corrected chi connectivity index (χ1v) is 8.08. The van der Waals surface area contributed by atoms with Crippen LogP contribution in [0.25, 0.3) is 0 Å². The van der Waals surface area contributed by atoms with Crippen LogP contribution >= 0.6 is 0 Å². The molecule has 0 bridgehead atoms. The smallest absolute Gasteiger partial charge is 0.407 e. The fourth-order valence-corrected chi connectivity index (χ4v) is 2.49. The highest BCUT2D eigenvalue weighted by Crippen LogP contribution is 2.18. The average molecular weight is 300 g/mol. The molecule has 1 unspecified atom stereocenters. The number of ether oxygens (including phenoxy) is 1. The highest BCUT2D eigenvalue weighted by Gasteiger charge is 2.24. The van der Waals surface area contributed by atoms with Crippen LogP contribution in [0.15, 0.2) is 0 Å². The fraction of sp³-hybridized carbons (Fsp3) is 0.938. The third-order valence-electron chi connectivity index (χ3n) is 3.83. The van der Waals surface area contributed by atoms with Crippen LogP contribution in [0.3, 0.4) is 0 Å². The Kier molecular flexibility index (Phi) is 6.94. The van der Waals surface area contributed by atoms with E-state index in [0.29, 0.717) is 12.0 Å². The second-order valence-corrected chi connectivity index (χ2v) is 7.41. The van der Waals surface area contributed by atoms with Crippen molar-refractivity contribution in [1.82, 2.24) is 10.6 Å². The van der Waals surface area contributed by atoms with Crippen molar-refractivity contribution in [2.24, 2.45) is 5.92 Å². The Hall–Kier alpha value is -0.810. The first kappa shape index (κ1) is 18.2. The molecular weight excluding hydrogens is 268 g/mol. The number of rotatable bonds is 5. The third kappa shape index (κ3) is 7.67. The van der Waals surface area contributed by atoms with E-state index in [9.17, 15) is 9.90 Å². The van der Waals surface area contributed by atoms with Crippen molar-refractivity contribution in [3.63, 3.8) is 0 Å². The van der Waals surface area contributed by atoms with E-state index >= 15 is 0 Å². The topological polar surface area (TPSA) is 70.6 Å². The van der Waals surface area contributed by atoms with Gasteiger partial charge >= 0.3 is 6.09 Å². The Balaban J connectivity index is 2.38. The predicted molar refractivity (Wildman–Crippen MR) is 84.3 cm³/mol. The van der Waals surface area contributed by atoms with Gasteiger partial charge < -0.3 is 20.5 Å². The monoisotopic (exact) mass is 300 g/mol. The van der Waals surface area contributed by atoms with Gasteiger partial charge in [0.1, 0.15) is 5.60 Å². The highest BCUT2D eigenvalue weighted by molar-refractivity contribution is 5.68. The summed E-state index contributed by atoms with van der Waals surface area (Å²) in [5.74, 6) is 0.333. The lowest BCUT2D eigenvalue weighted by Crippen LogP contribution is -2.49. The van der Waals surface area contributed by atoms with E-state index < -0.39 is 5.60 Å². The molecule has 0 spiro atoms. The van der Waals surface area contributed by atoms with Gasteiger partial charge in [-0.25, -0.2) is 4.79 Å². The summed E-state index contributed by atoms with van der Waals surface area (Å²) >= 11 is 0. The zero-order chi connectivity index (χ0) is 16.0. The quantitative estimate of drug-likeness (QED) is 0.729. The van der Waals surface area contributed by atoms with Crippen LogP contribution in [0, 0.1) is 5.92 Å². The van der Waals surface area contributed by atoms with Crippen LogP contribution in [0.4, 0.5) is 4.79 Å². The van der Waals surface area contributed by atoms with Gasteiger partial charge in [-0.05, 0) is 52.4 Å². The minimum absolute atomic E-state index is 0.0479. The van der Waals surface area contributed by atoms with Crippen LogP contribution < -0.4 is 10.6 Å². The van der Waals surface area contributed by atoms with Crippen LogP contribution in [0.5, 0.6) is 0 Å². The molecule has 0 heterocycles. The molecule has 0 aromatic rings. The molecule has 1 aliphatic carbocycles. The Morgan fingerprint density at radius 3 is 2.29 bits per heavy atom. The van der Waals surface area contributed by atoms with E-state index in [1.54, 1.807) is 0 Å². The Labute approximate surface area is 128 Å². The summed E-state index contributed by atoms with van der Waals surface area (Å²) in [5, 5.41) is 16.0. The maximum Gasteiger partial charge on any atom is 0.407 e. The molecule has 3 N–H and O–H groups in total. The van der Waals surface area contributed by atoms with Crippen molar-refractivity contribution in [2.45, 2.75) is 84.1 Å². The third-order valence-corrected chi connectivity index (χ3v) is 3.83. The van der Waals surface area contributed by atoms with E-state index in [1.807, 2.05) is 20.8 Å². The number of aliphatic hydroxyl groups is 1. The van der Waals surface area contributed by atoms with Crippen molar-refractivity contribution in [3.8, 4) is 0 Å². The molecule has 0 saturated heterocycles. The summed E-state index contributed by atoms with van der Waals surface area (Å²) in [6, 6.07) is 0.488. The minimum atomic E-state index is -0.474. The molecule has 1 amide bonds. The predicted octanol–water partition coefficient (Wildman–Crippen LogP) is 2.43. The van der Waals surface area contributed by atoms with Gasteiger partial charge in [0.05, 0.1) is 6.10 Å². The second kappa shape index (κ2) is 7.99. The maximum absolute atomic E-state index is 11.9. The Morgan fingerprint density at radius 2 is 1.81 bits per heavy atom. The molecule has 21 heavy (non-hydrogen) atoms. The zero-order valence-electron chi connectivity index (χ0n) is 14.1. The number of nitrogens with one attached hydrogen (secondary N) is 2. The van der Waals surface area contributed by atoms with Gasteiger partial charge in [-0.1, -0.05) is 13.8 Å². The molecule has 1 rings (SSSR count). The maximum atomic E-state index is 11.9. The Bertz CT molecular complexity index is 318. The molecule has 0 aromatic heterocycles. The van der Waals surface area contributed by atoms with Gasteiger partial charge in [0.25, 0.3) is 0 Å². The molecular formula is C16H32N2O3. The van der Waals surface area contributed by atoms with Crippen LogP contribution in [-0.4, -0.2) is 41.5 Å². The second-order valence-electron chi connectivity index (χ2n) is 7.41. The van der Waals surface area contributed by atoms with Crippen molar-refractivity contribution in [2.75, 3.05) is 6.54 Å². The van der Waals surface area contributed by atoms with Crippen molar-refractivity contribution < 1.29 is 14.6 Å². The number of hydrogen-bond donors (Lipinski definition) is 3. The first-order valence-electron chi connectivity index (χ1n) is 8.08. The zero-order valence-corrected chi connectivity index (χ0v) is 14.1. The van der Waals surface area contributed by atoms with E-state index in [0.717, 1.165) is 32.2 Å². The summed E-state index contributed by atoms with van der Waals surface area (Å²) in [6.45, 7) is 10.5. The van der Waals surface area contributed by atoms with Crippen molar-refractivity contribution >= 4 is 6.09 Å². The van der Waals surface area contributed by atoms with Crippen molar-refractivity contribution in [1.29, 1.82) is 0 Å². The SMILES string of the molecule is CC(C)C(CNC1CCC(O)CC1)NC(=O)OC(C)(C)C. The van der Waals surface area contributed by atoms with E-state index in [2.05, 4.69) is 24.5 Å². The minimum Gasteiger partial charge on any atom is -0.444 e. The molecule has 5 heteroatoms. The van der Waals surface area contributed by atoms with Crippen LogP contribution in [0.1, 0.15) is 60.3 Å². The molecule has 1 atom stereocenters. The van der Waals surface area contributed by atoms with Crippen molar-refractivity contribution in [3.05, 3.63) is 0 Å². The van der Waals surface area contributed by atoms with E-state index in [4.69, 9.17) is 4.74 Å². The average Bonchev–Trinajstić information content (AvgIpc) is 2.33. The molecule has 1 fully saturated rings. The number of hydrogen-bond acceptors (Lipinski definition) is 4. The number of carbonyl (C=O) groups is 1. The van der Waals surface area contributed by atoms with E-state index in [-0.39, 0.29) is 18.2 Å². The molecule has 0 radical (unpaired) electrons. The Morgan fingerprint density at radius 1 is 1.24 bits per heavy atom. The van der Waals surface area contributed by atoms with Gasteiger partial charge in [-0.15, -0.1) is 0 Å². The molecule has 124 valence electrons. The lowest BCUT2D eigenvalue weighted by molar-refractivity contribution is 0.0487. The summed E-state index contributed by atoms with van der Waals surface area (Å²) in [6.07, 6.45) is 3.23. The summed E-state index contributed by atoms with van der Waals surface area (Å²) in [7, 11) is 0. The largest absolute Gasteiger partial charge is 0.444 e. The fourth-order valence-electron chi connectivity index (χ4n) is 2.49. The first-order chi connectivity index (χ1) is 9.67. The van der Waals surface area contributed by atoms with Gasteiger partial charge in [-0.2, -0.15) is 0 Å². The summed E-state index contributed by atoms with van der Waals surface area (Å²) < 4.78 is 5.31.